The van der Waals surface area contributed by atoms with E-state index in [-0.39, 0.29) is 12.4 Å². The first-order chi connectivity index (χ1) is 5.34. The van der Waals surface area contributed by atoms with Gasteiger partial charge >= 0.3 is 0 Å². The summed E-state index contributed by atoms with van der Waals surface area (Å²) in [4.78, 5) is 0. The molecule has 0 aromatic heterocycles. The first-order valence-corrected chi connectivity index (χ1v) is 3.77. The number of allylic oxidation sites excluding steroid dienone is 1. The van der Waals surface area contributed by atoms with Crippen LogP contribution in [0.2, 0.25) is 0 Å². The topological polar surface area (TPSA) is 26.0 Å². The molecule has 0 heterocycles. The molecule has 0 saturated carbocycles. The monoisotopic (exact) mass is 183 g/mol. The first-order valence-electron chi connectivity index (χ1n) is 3.77. The average Bonchev–Trinajstić information content (AvgIpc) is 2.07. The van der Waals surface area contributed by atoms with Gasteiger partial charge in [-0.15, -0.1) is 12.4 Å². The predicted octanol–water partition coefficient (Wildman–Crippen LogP) is 2.47. The van der Waals surface area contributed by atoms with E-state index in [1.165, 1.54) is 11.1 Å². The lowest BCUT2D eigenvalue weighted by Gasteiger charge is -1.98. The quantitative estimate of drug-likeness (QED) is 0.749. The van der Waals surface area contributed by atoms with Crippen molar-refractivity contribution in [2.24, 2.45) is 5.73 Å². The fourth-order valence-corrected chi connectivity index (χ4v) is 0.996. The molecule has 1 nitrogen and oxygen atoms in total. The Hall–Kier alpha value is -0.790. The molecule has 0 amide bonds. The third kappa shape index (κ3) is 3.07. The number of benzene rings is 1. The lowest BCUT2D eigenvalue weighted by Crippen LogP contribution is -1.94. The van der Waals surface area contributed by atoms with Crippen molar-refractivity contribution < 1.29 is 0 Å². The van der Waals surface area contributed by atoms with Gasteiger partial charge in [0, 0.05) is 6.54 Å². The average molecular weight is 184 g/mol. The Balaban J connectivity index is 0.00000121. The van der Waals surface area contributed by atoms with Crippen LogP contribution in [0.15, 0.2) is 36.4 Å². The summed E-state index contributed by atoms with van der Waals surface area (Å²) in [6.07, 6.45) is 2.02. The lowest BCUT2D eigenvalue weighted by atomic mass is 10.1. The van der Waals surface area contributed by atoms with Crippen molar-refractivity contribution in [1.29, 1.82) is 0 Å². The standard InChI is InChI=1S/C10H13N.ClH/c1-9(7-8-11)10-5-3-2-4-6-10;/h2-7H,8,11H2,1H3;1H/b9-7-;. The Bertz CT molecular complexity index is 241. The summed E-state index contributed by atoms with van der Waals surface area (Å²) in [5.41, 5.74) is 7.88. The van der Waals surface area contributed by atoms with Gasteiger partial charge < -0.3 is 5.73 Å². The summed E-state index contributed by atoms with van der Waals surface area (Å²) in [7, 11) is 0. The lowest BCUT2D eigenvalue weighted by molar-refractivity contribution is 1.25. The van der Waals surface area contributed by atoms with Crippen molar-refractivity contribution in [3.63, 3.8) is 0 Å². The minimum atomic E-state index is 0. The van der Waals surface area contributed by atoms with E-state index in [4.69, 9.17) is 5.73 Å². The van der Waals surface area contributed by atoms with Gasteiger partial charge in [0.25, 0.3) is 0 Å². The number of rotatable bonds is 2. The molecule has 0 aliphatic heterocycles. The Morgan fingerprint density at radius 1 is 1.33 bits per heavy atom. The predicted molar refractivity (Wildman–Crippen MR) is 56.4 cm³/mol. The van der Waals surface area contributed by atoms with Crippen LogP contribution in [0, 0.1) is 0 Å². The van der Waals surface area contributed by atoms with Crippen molar-refractivity contribution in [2.45, 2.75) is 6.92 Å². The minimum Gasteiger partial charge on any atom is -0.327 e. The summed E-state index contributed by atoms with van der Waals surface area (Å²) in [5.74, 6) is 0. The van der Waals surface area contributed by atoms with E-state index in [0.717, 1.165) is 0 Å². The van der Waals surface area contributed by atoms with E-state index >= 15 is 0 Å². The molecule has 2 heteroatoms. The van der Waals surface area contributed by atoms with Crippen LogP contribution < -0.4 is 5.73 Å². The van der Waals surface area contributed by atoms with Crippen LogP contribution in [-0.4, -0.2) is 6.54 Å². The first kappa shape index (κ1) is 11.2. The van der Waals surface area contributed by atoms with Crippen LogP contribution in [0.25, 0.3) is 5.57 Å². The summed E-state index contributed by atoms with van der Waals surface area (Å²) in [6, 6.07) is 10.2. The molecule has 0 bridgehead atoms. The van der Waals surface area contributed by atoms with Crippen molar-refractivity contribution in [3.05, 3.63) is 42.0 Å². The molecule has 0 radical (unpaired) electrons. The molecular weight excluding hydrogens is 170 g/mol. The minimum absolute atomic E-state index is 0. The van der Waals surface area contributed by atoms with E-state index in [0.29, 0.717) is 6.54 Å². The number of hydrogen-bond acceptors (Lipinski definition) is 1. The summed E-state index contributed by atoms with van der Waals surface area (Å²) < 4.78 is 0. The zero-order valence-electron chi connectivity index (χ0n) is 7.16. The van der Waals surface area contributed by atoms with E-state index in [9.17, 15) is 0 Å². The second kappa shape index (κ2) is 5.81. The maximum Gasteiger partial charge on any atom is 0.0112 e. The van der Waals surface area contributed by atoms with Crippen LogP contribution in [-0.2, 0) is 0 Å². The largest absolute Gasteiger partial charge is 0.327 e. The molecule has 0 fully saturated rings. The Morgan fingerprint density at radius 3 is 2.42 bits per heavy atom. The third-order valence-electron chi connectivity index (χ3n) is 1.65. The maximum atomic E-state index is 5.39. The second-order valence-corrected chi connectivity index (χ2v) is 2.49. The van der Waals surface area contributed by atoms with Crippen LogP contribution in [0.3, 0.4) is 0 Å². The fourth-order valence-electron chi connectivity index (χ4n) is 0.996. The fraction of sp³-hybridized carbons (Fsp3) is 0.200. The molecule has 1 rings (SSSR count). The maximum absolute atomic E-state index is 5.39. The van der Waals surface area contributed by atoms with Gasteiger partial charge in [-0.2, -0.15) is 0 Å². The smallest absolute Gasteiger partial charge is 0.0112 e. The van der Waals surface area contributed by atoms with E-state index in [2.05, 4.69) is 19.1 Å². The molecule has 1 aromatic rings. The molecule has 2 N–H and O–H groups in total. The third-order valence-corrected chi connectivity index (χ3v) is 1.65. The van der Waals surface area contributed by atoms with Crippen LogP contribution >= 0.6 is 12.4 Å². The van der Waals surface area contributed by atoms with Gasteiger partial charge in [-0.25, -0.2) is 0 Å². The Morgan fingerprint density at radius 2 is 1.92 bits per heavy atom. The van der Waals surface area contributed by atoms with Gasteiger partial charge in [0.1, 0.15) is 0 Å². The highest BCUT2D eigenvalue weighted by molar-refractivity contribution is 5.85. The molecule has 0 atom stereocenters. The van der Waals surface area contributed by atoms with E-state index in [1.54, 1.807) is 0 Å². The highest BCUT2D eigenvalue weighted by Crippen LogP contribution is 2.11. The number of hydrogen-bond donors (Lipinski definition) is 1. The normalized spacial score (nSPS) is 10.7. The summed E-state index contributed by atoms with van der Waals surface area (Å²) >= 11 is 0. The van der Waals surface area contributed by atoms with Crippen LogP contribution in [0.4, 0.5) is 0 Å². The molecule has 66 valence electrons. The highest BCUT2D eigenvalue weighted by Gasteiger charge is 1.90. The molecule has 1 aromatic carbocycles. The summed E-state index contributed by atoms with van der Waals surface area (Å²) in [6.45, 7) is 2.68. The van der Waals surface area contributed by atoms with E-state index in [1.807, 2.05) is 24.3 Å². The van der Waals surface area contributed by atoms with Gasteiger partial charge in [-0.3, -0.25) is 0 Å². The van der Waals surface area contributed by atoms with Gasteiger partial charge in [-0.05, 0) is 18.1 Å². The Labute approximate surface area is 79.7 Å². The van der Waals surface area contributed by atoms with E-state index < -0.39 is 0 Å². The molecular formula is C10H14ClN. The second-order valence-electron chi connectivity index (χ2n) is 2.49. The molecule has 0 unspecified atom stereocenters. The van der Waals surface area contributed by atoms with Crippen molar-refractivity contribution in [2.75, 3.05) is 6.54 Å². The van der Waals surface area contributed by atoms with Crippen LogP contribution in [0.1, 0.15) is 12.5 Å². The van der Waals surface area contributed by atoms with Crippen molar-refractivity contribution >= 4 is 18.0 Å². The number of nitrogens with two attached hydrogens (primary N) is 1. The number of halogens is 1. The summed E-state index contributed by atoms with van der Waals surface area (Å²) in [5, 5.41) is 0. The van der Waals surface area contributed by atoms with Crippen molar-refractivity contribution in [3.8, 4) is 0 Å². The van der Waals surface area contributed by atoms with Crippen molar-refractivity contribution in [1.82, 2.24) is 0 Å². The molecule has 0 aliphatic carbocycles. The van der Waals surface area contributed by atoms with Gasteiger partial charge in [-0.1, -0.05) is 36.4 Å². The highest BCUT2D eigenvalue weighted by atomic mass is 35.5. The molecule has 12 heavy (non-hydrogen) atoms. The van der Waals surface area contributed by atoms with Gasteiger partial charge in [0.15, 0.2) is 0 Å². The Kier molecular flexibility index (Phi) is 5.43. The zero-order valence-corrected chi connectivity index (χ0v) is 7.97. The molecule has 0 spiro atoms. The SMILES string of the molecule is C/C(=C/CN)c1ccccc1.Cl. The zero-order chi connectivity index (χ0) is 8.10. The molecule has 0 saturated heterocycles. The van der Waals surface area contributed by atoms with Crippen LogP contribution in [0.5, 0.6) is 0 Å². The van der Waals surface area contributed by atoms with Gasteiger partial charge in [0.2, 0.25) is 0 Å². The van der Waals surface area contributed by atoms with Gasteiger partial charge in [0.05, 0.1) is 0 Å². The molecule has 0 aliphatic rings.